The van der Waals surface area contributed by atoms with Gasteiger partial charge in [-0.1, -0.05) is 0 Å². The van der Waals surface area contributed by atoms with E-state index in [-0.39, 0.29) is 0 Å². The van der Waals surface area contributed by atoms with Gasteiger partial charge in [0.2, 0.25) is 5.88 Å². The van der Waals surface area contributed by atoms with Gasteiger partial charge in [-0.25, -0.2) is 9.98 Å². The van der Waals surface area contributed by atoms with Crippen molar-refractivity contribution >= 4 is 5.96 Å². The van der Waals surface area contributed by atoms with Crippen LogP contribution in [0.25, 0.3) is 0 Å². The summed E-state index contributed by atoms with van der Waals surface area (Å²) in [5.41, 5.74) is 1.07. The molecular weight excluding hydrogens is 304 g/mol. The molecule has 0 atom stereocenters. The fourth-order valence-electron chi connectivity index (χ4n) is 2.21. The average Bonchev–Trinajstić information content (AvgIpc) is 3.29. The molecule has 2 heterocycles. The molecule has 6 heteroatoms. The van der Waals surface area contributed by atoms with Crippen molar-refractivity contribution in [2.24, 2.45) is 10.9 Å². The van der Waals surface area contributed by atoms with E-state index in [2.05, 4.69) is 20.6 Å². The molecule has 0 spiro atoms. The zero-order valence-corrected chi connectivity index (χ0v) is 14.0. The molecule has 0 aliphatic heterocycles. The minimum atomic E-state index is 0.565. The Kier molecular flexibility index (Phi) is 5.71. The van der Waals surface area contributed by atoms with Crippen LogP contribution in [0, 0.1) is 5.92 Å². The Hall–Kier alpha value is -2.50. The van der Waals surface area contributed by atoms with Crippen molar-refractivity contribution in [3.05, 3.63) is 48.0 Å². The van der Waals surface area contributed by atoms with Crippen LogP contribution in [0.5, 0.6) is 5.88 Å². The number of nitrogens with zero attached hydrogens (tertiary/aromatic N) is 2. The van der Waals surface area contributed by atoms with Crippen LogP contribution in [0.2, 0.25) is 0 Å². The average molecular weight is 328 g/mol. The van der Waals surface area contributed by atoms with Gasteiger partial charge in [0, 0.05) is 18.8 Å². The molecule has 0 amide bonds. The van der Waals surface area contributed by atoms with Crippen LogP contribution in [0.1, 0.15) is 31.1 Å². The summed E-state index contributed by atoms with van der Waals surface area (Å²) in [6.45, 7) is 4.78. The molecule has 24 heavy (non-hydrogen) atoms. The van der Waals surface area contributed by atoms with E-state index in [1.807, 2.05) is 31.2 Å². The molecule has 0 bridgehead atoms. The first-order valence-corrected chi connectivity index (χ1v) is 8.46. The monoisotopic (exact) mass is 328 g/mol. The van der Waals surface area contributed by atoms with E-state index in [1.165, 1.54) is 12.8 Å². The van der Waals surface area contributed by atoms with Crippen LogP contribution in [-0.4, -0.2) is 24.1 Å². The fraction of sp³-hybridized carbons (Fsp3) is 0.444. The first kappa shape index (κ1) is 16.4. The predicted octanol–water partition coefficient (Wildman–Crippen LogP) is 2.72. The highest BCUT2D eigenvalue weighted by Gasteiger charge is 2.22. The highest BCUT2D eigenvalue weighted by molar-refractivity contribution is 5.79. The third-order valence-electron chi connectivity index (χ3n) is 3.74. The van der Waals surface area contributed by atoms with Gasteiger partial charge in [-0.2, -0.15) is 0 Å². The van der Waals surface area contributed by atoms with Crippen molar-refractivity contribution < 1.29 is 9.15 Å². The maximum Gasteiger partial charge on any atom is 0.213 e. The Balaban J connectivity index is 1.54. The second-order valence-electron chi connectivity index (χ2n) is 5.88. The molecule has 0 saturated heterocycles. The summed E-state index contributed by atoms with van der Waals surface area (Å²) in [6, 6.07) is 7.73. The number of aromatic nitrogens is 1. The first-order chi connectivity index (χ1) is 11.8. The Morgan fingerprint density at radius 1 is 1.38 bits per heavy atom. The Morgan fingerprint density at radius 3 is 3.04 bits per heavy atom. The molecular formula is C18H24N4O2. The SMILES string of the molecule is CCNC(=NCc1ccnc(OCC2CC2)c1)NCc1ccco1. The quantitative estimate of drug-likeness (QED) is 0.576. The van der Waals surface area contributed by atoms with Crippen LogP contribution >= 0.6 is 0 Å². The molecule has 1 saturated carbocycles. The molecule has 0 aromatic carbocycles. The summed E-state index contributed by atoms with van der Waals surface area (Å²) in [5.74, 6) is 3.04. The van der Waals surface area contributed by atoms with Gasteiger partial charge in [0.05, 0.1) is 26.0 Å². The van der Waals surface area contributed by atoms with Gasteiger partial charge in [-0.15, -0.1) is 0 Å². The van der Waals surface area contributed by atoms with Crippen LogP contribution < -0.4 is 15.4 Å². The molecule has 3 rings (SSSR count). The molecule has 1 aliphatic carbocycles. The third kappa shape index (κ3) is 5.30. The topological polar surface area (TPSA) is 71.7 Å². The van der Waals surface area contributed by atoms with Crippen molar-refractivity contribution in [1.82, 2.24) is 15.6 Å². The lowest BCUT2D eigenvalue weighted by Crippen LogP contribution is -2.36. The summed E-state index contributed by atoms with van der Waals surface area (Å²) in [7, 11) is 0. The third-order valence-corrected chi connectivity index (χ3v) is 3.74. The van der Waals surface area contributed by atoms with E-state index < -0.39 is 0 Å². The van der Waals surface area contributed by atoms with E-state index in [0.29, 0.717) is 19.0 Å². The molecule has 0 unspecified atom stereocenters. The van der Waals surface area contributed by atoms with E-state index in [0.717, 1.165) is 36.4 Å². The number of nitrogens with one attached hydrogen (secondary N) is 2. The highest BCUT2D eigenvalue weighted by Crippen LogP contribution is 2.29. The first-order valence-electron chi connectivity index (χ1n) is 8.46. The smallest absolute Gasteiger partial charge is 0.213 e. The Morgan fingerprint density at radius 2 is 2.29 bits per heavy atom. The fourth-order valence-corrected chi connectivity index (χ4v) is 2.21. The lowest BCUT2D eigenvalue weighted by molar-refractivity contribution is 0.288. The number of rotatable bonds is 8. The highest BCUT2D eigenvalue weighted by atomic mass is 16.5. The lowest BCUT2D eigenvalue weighted by atomic mass is 10.3. The largest absolute Gasteiger partial charge is 0.477 e. The molecule has 2 aromatic rings. The van der Waals surface area contributed by atoms with Crippen LogP contribution in [0.15, 0.2) is 46.1 Å². The number of ether oxygens (including phenoxy) is 1. The van der Waals surface area contributed by atoms with Gasteiger partial charge in [0.25, 0.3) is 0 Å². The van der Waals surface area contributed by atoms with E-state index >= 15 is 0 Å². The van der Waals surface area contributed by atoms with Crippen LogP contribution in [0.4, 0.5) is 0 Å². The Bertz CT molecular complexity index is 651. The number of pyridine rings is 1. The van der Waals surface area contributed by atoms with Crippen LogP contribution in [-0.2, 0) is 13.1 Å². The minimum Gasteiger partial charge on any atom is -0.477 e. The molecule has 128 valence electrons. The van der Waals surface area contributed by atoms with E-state index in [1.54, 1.807) is 12.5 Å². The van der Waals surface area contributed by atoms with Crippen molar-refractivity contribution in [1.29, 1.82) is 0 Å². The van der Waals surface area contributed by atoms with Gasteiger partial charge in [-0.3, -0.25) is 0 Å². The zero-order valence-electron chi connectivity index (χ0n) is 14.0. The summed E-state index contributed by atoms with van der Waals surface area (Å²) in [6.07, 6.45) is 5.99. The summed E-state index contributed by atoms with van der Waals surface area (Å²) in [4.78, 5) is 8.86. The summed E-state index contributed by atoms with van der Waals surface area (Å²) in [5, 5.41) is 6.48. The van der Waals surface area contributed by atoms with Gasteiger partial charge >= 0.3 is 0 Å². The molecule has 0 radical (unpaired) electrons. The van der Waals surface area contributed by atoms with Crippen LogP contribution in [0.3, 0.4) is 0 Å². The molecule has 2 aromatic heterocycles. The number of furan rings is 1. The number of guanidine groups is 1. The second kappa shape index (κ2) is 8.38. The van der Waals surface area contributed by atoms with E-state index in [4.69, 9.17) is 9.15 Å². The van der Waals surface area contributed by atoms with Crippen molar-refractivity contribution in [3.63, 3.8) is 0 Å². The number of hydrogen-bond acceptors (Lipinski definition) is 4. The molecule has 6 nitrogen and oxygen atoms in total. The Labute approximate surface area is 142 Å². The lowest BCUT2D eigenvalue weighted by Gasteiger charge is -2.10. The molecule has 2 N–H and O–H groups in total. The van der Waals surface area contributed by atoms with Crippen molar-refractivity contribution in [2.75, 3.05) is 13.2 Å². The van der Waals surface area contributed by atoms with Gasteiger partial charge in [0.1, 0.15) is 5.76 Å². The molecule has 1 aliphatic rings. The summed E-state index contributed by atoms with van der Waals surface area (Å²) < 4.78 is 11.0. The maximum absolute atomic E-state index is 5.72. The normalized spacial score (nSPS) is 14.5. The van der Waals surface area contributed by atoms with Gasteiger partial charge in [-0.05, 0) is 49.4 Å². The zero-order chi connectivity index (χ0) is 16.6. The van der Waals surface area contributed by atoms with E-state index in [9.17, 15) is 0 Å². The number of hydrogen-bond donors (Lipinski definition) is 2. The van der Waals surface area contributed by atoms with Crippen molar-refractivity contribution in [2.45, 2.75) is 32.9 Å². The maximum atomic E-state index is 5.72. The second-order valence-corrected chi connectivity index (χ2v) is 5.88. The standard InChI is InChI=1S/C18H24N4O2/c1-2-19-18(22-12-16-4-3-9-23-16)21-11-15-7-8-20-17(10-15)24-13-14-5-6-14/h3-4,7-10,14H,2,5-6,11-13H2,1H3,(H2,19,21,22). The minimum absolute atomic E-state index is 0.565. The van der Waals surface area contributed by atoms with Gasteiger partial charge in [0.15, 0.2) is 5.96 Å². The summed E-state index contributed by atoms with van der Waals surface area (Å²) >= 11 is 0. The number of aliphatic imine (C=N–C) groups is 1. The van der Waals surface area contributed by atoms with Gasteiger partial charge < -0.3 is 19.8 Å². The predicted molar refractivity (Wildman–Crippen MR) is 92.8 cm³/mol. The van der Waals surface area contributed by atoms with Crippen molar-refractivity contribution in [3.8, 4) is 5.88 Å². The molecule has 1 fully saturated rings.